The van der Waals surface area contributed by atoms with Gasteiger partial charge in [-0.15, -0.1) is 0 Å². The van der Waals surface area contributed by atoms with Gasteiger partial charge in [0.25, 0.3) is 0 Å². The Bertz CT molecular complexity index is 1310. The van der Waals surface area contributed by atoms with Crippen LogP contribution in [0.4, 0.5) is 0 Å². The van der Waals surface area contributed by atoms with Gasteiger partial charge in [0.15, 0.2) is 0 Å². The first-order chi connectivity index (χ1) is 17.0. The molecular weight excluding hydrogens is 442 g/mol. The molecule has 0 bridgehead atoms. The Labute approximate surface area is 205 Å². The first-order valence-corrected chi connectivity index (χ1v) is 12.3. The zero-order valence-electron chi connectivity index (χ0n) is 20.2. The van der Waals surface area contributed by atoms with E-state index in [4.69, 9.17) is 9.15 Å². The van der Waals surface area contributed by atoms with Gasteiger partial charge in [-0.3, -0.25) is 4.79 Å². The summed E-state index contributed by atoms with van der Waals surface area (Å²) in [6, 6.07) is 17.6. The smallest absolute Gasteiger partial charge is 0.204 e. The molecule has 0 spiro atoms. The van der Waals surface area contributed by atoms with Gasteiger partial charge in [0, 0.05) is 18.7 Å². The molecule has 0 saturated carbocycles. The molecule has 1 heterocycles. The summed E-state index contributed by atoms with van der Waals surface area (Å²) in [5.41, 5.74) is 1.80. The highest BCUT2D eigenvalue weighted by Gasteiger charge is 2.13. The van der Waals surface area contributed by atoms with Crippen LogP contribution in [0.3, 0.4) is 0 Å². The second kappa shape index (κ2) is 11.8. The fourth-order valence-electron chi connectivity index (χ4n) is 4.34. The van der Waals surface area contributed by atoms with Crippen LogP contribution in [0.2, 0.25) is 0 Å². The number of phenolic OH excluding ortho intramolecular Hbond substituents is 2. The van der Waals surface area contributed by atoms with Crippen LogP contribution >= 0.6 is 0 Å². The fourth-order valence-corrected chi connectivity index (χ4v) is 4.34. The molecule has 0 fully saturated rings. The van der Waals surface area contributed by atoms with E-state index in [2.05, 4.69) is 11.9 Å². The Hall–Kier alpha value is -3.51. The third-order valence-corrected chi connectivity index (χ3v) is 6.23. The van der Waals surface area contributed by atoms with Crippen LogP contribution in [-0.2, 0) is 6.54 Å². The van der Waals surface area contributed by atoms with Crippen molar-refractivity contribution in [3.8, 4) is 17.2 Å². The maximum Gasteiger partial charge on any atom is 0.204 e. The Morgan fingerprint density at radius 1 is 0.857 bits per heavy atom. The van der Waals surface area contributed by atoms with Crippen LogP contribution in [0, 0.1) is 0 Å². The summed E-state index contributed by atoms with van der Waals surface area (Å²) in [6.45, 7) is 2.50. The first kappa shape index (κ1) is 24.6. The lowest BCUT2D eigenvalue weighted by molar-refractivity contribution is 0.300. The highest BCUT2D eigenvalue weighted by molar-refractivity contribution is 5.93. The highest BCUT2D eigenvalue weighted by Crippen LogP contribution is 2.30. The monoisotopic (exact) mass is 475 g/mol. The maximum absolute atomic E-state index is 12.7. The minimum atomic E-state index is -0.238. The van der Waals surface area contributed by atoms with E-state index >= 15 is 0 Å². The summed E-state index contributed by atoms with van der Waals surface area (Å²) in [5, 5.41) is 20.4. The van der Waals surface area contributed by atoms with Crippen LogP contribution in [0.1, 0.15) is 44.1 Å². The van der Waals surface area contributed by atoms with Gasteiger partial charge in [0.05, 0.1) is 12.0 Å². The van der Waals surface area contributed by atoms with Crippen molar-refractivity contribution in [2.24, 2.45) is 0 Å². The van der Waals surface area contributed by atoms with Crippen molar-refractivity contribution in [1.29, 1.82) is 0 Å². The first-order valence-electron chi connectivity index (χ1n) is 12.3. The molecule has 35 heavy (non-hydrogen) atoms. The lowest BCUT2D eigenvalue weighted by Crippen LogP contribution is -2.18. The summed E-state index contributed by atoms with van der Waals surface area (Å²) in [6.07, 6.45) is 6.74. The van der Waals surface area contributed by atoms with Crippen molar-refractivity contribution in [2.75, 3.05) is 20.2 Å². The molecule has 0 aliphatic heterocycles. The molecular formula is C29H33NO5. The molecule has 0 aliphatic rings. The Kier molecular flexibility index (Phi) is 8.27. The fraction of sp³-hybridized carbons (Fsp3) is 0.345. The average Bonchev–Trinajstić information content (AvgIpc) is 2.84. The molecule has 2 N–H and O–H groups in total. The van der Waals surface area contributed by atoms with E-state index in [0.717, 1.165) is 32.4 Å². The topological polar surface area (TPSA) is 83.1 Å². The maximum atomic E-state index is 12.7. The van der Waals surface area contributed by atoms with Gasteiger partial charge in [-0.1, -0.05) is 49.9 Å². The van der Waals surface area contributed by atoms with Crippen molar-refractivity contribution in [3.05, 3.63) is 76.5 Å². The zero-order chi connectivity index (χ0) is 24.6. The normalized spacial score (nSPS) is 11.5. The lowest BCUT2D eigenvalue weighted by Gasteiger charge is -2.16. The van der Waals surface area contributed by atoms with Gasteiger partial charge >= 0.3 is 0 Å². The molecule has 0 aliphatic carbocycles. The zero-order valence-corrected chi connectivity index (χ0v) is 20.2. The van der Waals surface area contributed by atoms with Gasteiger partial charge in [-0.25, -0.2) is 0 Å². The van der Waals surface area contributed by atoms with Crippen LogP contribution in [0.5, 0.6) is 17.2 Å². The van der Waals surface area contributed by atoms with Gasteiger partial charge in [-0.2, -0.15) is 0 Å². The average molecular weight is 476 g/mol. The van der Waals surface area contributed by atoms with E-state index in [9.17, 15) is 15.0 Å². The van der Waals surface area contributed by atoms with Crippen LogP contribution in [0.15, 0.2) is 69.9 Å². The molecule has 0 atom stereocenters. The van der Waals surface area contributed by atoms with Crippen molar-refractivity contribution in [3.63, 3.8) is 0 Å². The number of benzene rings is 3. The molecule has 6 heteroatoms. The number of hydrogen-bond donors (Lipinski definition) is 2. The Morgan fingerprint density at radius 2 is 1.57 bits per heavy atom. The molecule has 3 aromatic carbocycles. The molecule has 1 aromatic heterocycles. The molecule has 0 unspecified atom stereocenters. The van der Waals surface area contributed by atoms with E-state index in [0.29, 0.717) is 34.7 Å². The van der Waals surface area contributed by atoms with E-state index < -0.39 is 0 Å². The van der Waals surface area contributed by atoms with Crippen LogP contribution in [-0.4, -0.2) is 35.3 Å². The number of phenols is 2. The second-order valence-electron chi connectivity index (χ2n) is 9.12. The minimum Gasteiger partial charge on any atom is -0.508 e. The number of rotatable bonds is 12. The summed E-state index contributed by atoms with van der Waals surface area (Å²) >= 11 is 0. The lowest BCUT2D eigenvalue weighted by atomic mass is 10.1. The molecule has 0 saturated heterocycles. The predicted octanol–water partition coefficient (Wildman–Crippen LogP) is 6.21. The number of fused-ring (bicyclic) bond motifs is 2. The summed E-state index contributed by atoms with van der Waals surface area (Å²) in [5.74, 6) is 0.691. The number of unbranched alkanes of at least 4 members (excludes halogenated alkanes) is 5. The predicted molar refractivity (Wildman–Crippen MR) is 139 cm³/mol. The molecule has 4 aromatic rings. The van der Waals surface area contributed by atoms with Crippen LogP contribution in [0.25, 0.3) is 21.9 Å². The van der Waals surface area contributed by atoms with E-state index in [-0.39, 0.29) is 16.6 Å². The van der Waals surface area contributed by atoms with Gasteiger partial charge < -0.3 is 24.3 Å². The van der Waals surface area contributed by atoms with Crippen molar-refractivity contribution in [1.82, 2.24) is 4.90 Å². The number of ether oxygens (including phenoxy) is 1. The minimum absolute atomic E-state index is 0.118. The van der Waals surface area contributed by atoms with E-state index in [1.165, 1.54) is 30.9 Å². The van der Waals surface area contributed by atoms with Gasteiger partial charge in [0.2, 0.25) is 5.43 Å². The molecule has 4 rings (SSSR count). The van der Waals surface area contributed by atoms with Crippen LogP contribution < -0.4 is 10.2 Å². The standard InChI is InChI=1S/C29H33NO5/c1-30(20-21-12-14-22(31)15-13-21)16-8-4-2-3-5-9-17-34-23-18-25(32)28-27(19-23)35-26-11-7-6-10-24(26)29(28)33/h6-7,10-15,18-19,31-32H,2-5,8-9,16-17,20H2,1H3. The van der Waals surface area contributed by atoms with Gasteiger partial charge in [-0.05, 0) is 56.3 Å². The van der Waals surface area contributed by atoms with E-state index in [1.807, 2.05) is 18.2 Å². The third-order valence-electron chi connectivity index (χ3n) is 6.23. The van der Waals surface area contributed by atoms with Crippen molar-refractivity contribution in [2.45, 2.75) is 45.1 Å². The molecule has 6 nitrogen and oxygen atoms in total. The summed E-state index contributed by atoms with van der Waals surface area (Å²) in [7, 11) is 2.13. The van der Waals surface area contributed by atoms with E-state index in [1.54, 1.807) is 36.4 Å². The quantitative estimate of drug-likeness (QED) is 0.187. The highest BCUT2D eigenvalue weighted by atomic mass is 16.5. The number of hydrogen-bond acceptors (Lipinski definition) is 6. The number of nitrogens with zero attached hydrogens (tertiary/aromatic N) is 1. The largest absolute Gasteiger partial charge is 0.508 e. The summed E-state index contributed by atoms with van der Waals surface area (Å²) < 4.78 is 11.7. The number of aromatic hydroxyl groups is 2. The van der Waals surface area contributed by atoms with Gasteiger partial charge in [0.1, 0.15) is 33.8 Å². The third kappa shape index (κ3) is 6.55. The SMILES string of the molecule is CN(CCCCCCCCOc1cc(O)c2c(=O)c3ccccc3oc2c1)Cc1ccc(O)cc1. The van der Waals surface area contributed by atoms with Crippen molar-refractivity contribution < 1.29 is 19.4 Å². The number of para-hydroxylation sites is 1. The Morgan fingerprint density at radius 3 is 2.37 bits per heavy atom. The summed E-state index contributed by atoms with van der Waals surface area (Å²) in [4.78, 5) is 15.0. The molecule has 184 valence electrons. The Balaban J connectivity index is 1.14. The molecule has 0 radical (unpaired) electrons. The van der Waals surface area contributed by atoms with Crippen molar-refractivity contribution >= 4 is 21.9 Å². The second-order valence-corrected chi connectivity index (χ2v) is 9.12. The molecule has 0 amide bonds.